The van der Waals surface area contributed by atoms with Gasteiger partial charge in [-0.25, -0.2) is 0 Å². The molecule has 258 valence electrons. The first-order valence-corrected chi connectivity index (χ1v) is 18.5. The molecule has 0 fully saturated rings. The fourth-order valence-corrected chi connectivity index (χ4v) is 9.57. The Morgan fingerprint density at radius 1 is 0.407 bits per heavy atom. The topological polar surface area (TPSA) is 60.4 Å². The summed E-state index contributed by atoms with van der Waals surface area (Å²) in [7, 11) is 0. The first-order valence-electron chi connectivity index (χ1n) is 18.5. The molecule has 0 spiro atoms. The van der Waals surface area contributed by atoms with Crippen LogP contribution in [0.25, 0.3) is 88.4 Å². The van der Waals surface area contributed by atoms with Gasteiger partial charge in [-0.05, 0) is 103 Å². The first kappa shape index (κ1) is 31.0. The molecule has 0 saturated carbocycles. The lowest BCUT2D eigenvalue weighted by atomic mass is 9.82. The molecule has 0 amide bonds. The summed E-state index contributed by atoms with van der Waals surface area (Å²) in [5.41, 5.74) is 15.0. The Morgan fingerprint density at radius 2 is 0.870 bits per heavy atom. The monoisotopic (exact) mass is 698 g/mol. The molecule has 4 nitrogen and oxygen atoms in total. The number of rotatable bonds is 2. The van der Waals surface area contributed by atoms with Crippen LogP contribution in [0.4, 0.5) is 0 Å². The Morgan fingerprint density at radius 3 is 1.44 bits per heavy atom. The van der Waals surface area contributed by atoms with Gasteiger partial charge in [0, 0.05) is 10.8 Å². The van der Waals surface area contributed by atoms with E-state index in [1.165, 1.54) is 44.5 Å². The Balaban J connectivity index is 1.09. The second kappa shape index (κ2) is 10.5. The quantitative estimate of drug-likeness (QED) is 0.133. The molecule has 2 aliphatic rings. The van der Waals surface area contributed by atoms with Gasteiger partial charge in [0.05, 0.1) is 16.2 Å². The van der Waals surface area contributed by atoms with Crippen LogP contribution in [0.15, 0.2) is 152 Å². The van der Waals surface area contributed by atoms with Gasteiger partial charge in [-0.1, -0.05) is 125 Å². The van der Waals surface area contributed by atoms with Crippen molar-refractivity contribution >= 4 is 43.9 Å². The lowest BCUT2D eigenvalue weighted by Gasteiger charge is -2.21. The fraction of sp³-hybridized carbons (Fsp3) is 0.120. The average molecular weight is 699 g/mol. The van der Waals surface area contributed by atoms with Crippen LogP contribution in [0, 0.1) is 0 Å². The van der Waals surface area contributed by atoms with Gasteiger partial charge in [0.1, 0.15) is 22.1 Å². The van der Waals surface area contributed by atoms with Crippen LogP contribution in [0.3, 0.4) is 0 Å². The van der Waals surface area contributed by atoms with Crippen molar-refractivity contribution in [3.63, 3.8) is 0 Å². The summed E-state index contributed by atoms with van der Waals surface area (Å²) >= 11 is 0. The molecular formula is C50H34O4. The van der Waals surface area contributed by atoms with E-state index in [1.807, 2.05) is 36.4 Å². The van der Waals surface area contributed by atoms with Crippen LogP contribution in [0.5, 0.6) is 0 Å². The van der Waals surface area contributed by atoms with Crippen LogP contribution in [-0.4, -0.2) is 0 Å². The normalized spacial score (nSPS) is 14.7. The van der Waals surface area contributed by atoms with E-state index in [4.69, 9.17) is 8.83 Å². The molecule has 2 heterocycles. The Bertz CT molecular complexity index is 3260. The van der Waals surface area contributed by atoms with E-state index < -0.39 is 0 Å². The Kier molecular flexibility index (Phi) is 6.06. The van der Waals surface area contributed by atoms with Crippen molar-refractivity contribution in [3.8, 4) is 44.5 Å². The van der Waals surface area contributed by atoms with Gasteiger partial charge in [0.2, 0.25) is 10.9 Å². The smallest absolute Gasteiger partial charge is 0.204 e. The maximum absolute atomic E-state index is 14.4. The minimum atomic E-state index is -0.230. The average Bonchev–Trinajstić information content (AvgIpc) is 3.57. The van der Waals surface area contributed by atoms with Gasteiger partial charge in [-0.2, -0.15) is 0 Å². The number of benzene rings is 7. The highest BCUT2D eigenvalue weighted by molar-refractivity contribution is 6.08. The van der Waals surface area contributed by atoms with Crippen molar-refractivity contribution in [2.45, 2.75) is 38.5 Å². The second-order valence-electron chi connectivity index (χ2n) is 15.9. The van der Waals surface area contributed by atoms with Crippen LogP contribution in [0.2, 0.25) is 0 Å². The molecule has 0 bridgehead atoms. The van der Waals surface area contributed by atoms with Gasteiger partial charge >= 0.3 is 0 Å². The molecule has 0 atom stereocenters. The molecule has 11 rings (SSSR count). The molecule has 0 unspecified atom stereocenters. The van der Waals surface area contributed by atoms with Crippen molar-refractivity contribution < 1.29 is 8.83 Å². The highest BCUT2D eigenvalue weighted by atomic mass is 16.3. The van der Waals surface area contributed by atoms with E-state index in [1.54, 1.807) is 12.1 Å². The number of hydrogen-bond acceptors (Lipinski definition) is 4. The number of fused-ring (bicyclic) bond motifs is 11. The van der Waals surface area contributed by atoms with Crippen molar-refractivity contribution in [1.82, 2.24) is 0 Å². The maximum atomic E-state index is 14.4. The van der Waals surface area contributed by atoms with E-state index in [0.29, 0.717) is 32.9 Å². The standard InChI is InChI=1S/C50H34O4/c1-49(2)36-15-7-5-11-31(36)43-29(13-9-17-38(43)49)27-20-22-34-41(25-27)53-40-24-23-35-46(51)33-21-19-28(26-42(33)54-48(35)45(40)47(34)52)30-14-10-18-39-44(30)32-12-6-8-16-37(32)50(39,3)4/h5-26H,1-4H3. The Labute approximate surface area is 310 Å². The molecule has 0 radical (unpaired) electrons. The number of hydrogen-bond donors (Lipinski definition) is 0. The van der Waals surface area contributed by atoms with Gasteiger partial charge in [-0.3, -0.25) is 9.59 Å². The van der Waals surface area contributed by atoms with Crippen molar-refractivity contribution in [1.29, 1.82) is 0 Å². The summed E-state index contributed by atoms with van der Waals surface area (Å²) in [6.45, 7) is 9.07. The third-order valence-corrected chi connectivity index (χ3v) is 12.3. The predicted octanol–water partition coefficient (Wildman–Crippen LogP) is 12.2. The van der Waals surface area contributed by atoms with Gasteiger partial charge in [0.25, 0.3) is 0 Å². The van der Waals surface area contributed by atoms with Gasteiger partial charge < -0.3 is 8.83 Å². The second-order valence-corrected chi connectivity index (χ2v) is 15.9. The fourth-order valence-electron chi connectivity index (χ4n) is 9.57. The maximum Gasteiger partial charge on any atom is 0.204 e. The minimum absolute atomic E-state index is 0.124. The minimum Gasteiger partial charge on any atom is -0.456 e. The molecular weight excluding hydrogens is 665 g/mol. The zero-order chi connectivity index (χ0) is 36.7. The molecule has 2 aliphatic carbocycles. The predicted molar refractivity (Wildman–Crippen MR) is 220 cm³/mol. The molecule has 4 heteroatoms. The highest BCUT2D eigenvalue weighted by Gasteiger charge is 2.38. The SMILES string of the molecule is CC1(C)c2ccccc2-c2c(-c3ccc4c(=O)c5ccc6oc7cc(-c8cccc9c8-c8ccccc8C9(C)C)ccc7c(=O)c6c5oc4c3)cccc21. The largest absolute Gasteiger partial charge is 0.456 e. The van der Waals surface area contributed by atoms with Gasteiger partial charge in [0.15, 0.2) is 5.58 Å². The van der Waals surface area contributed by atoms with Gasteiger partial charge in [-0.15, -0.1) is 0 Å². The molecule has 0 N–H and O–H groups in total. The van der Waals surface area contributed by atoms with E-state index in [0.717, 1.165) is 22.3 Å². The summed E-state index contributed by atoms with van der Waals surface area (Å²) in [5.74, 6) is 0. The first-order chi connectivity index (χ1) is 26.1. The summed E-state index contributed by atoms with van der Waals surface area (Å²) in [5, 5.41) is 1.52. The van der Waals surface area contributed by atoms with Crippen molar-refractivity contribution in [2.24, 2.45) is 0 Å². The van der Waals surface area contributed by atoms with E-state index >= 15 is 0 Å². The third-order valence-electron chi connectivity index (χ3n) is 12.3. The lowest BCUT2D eigenvalue weighted by molar-refractivity contribution is 0.649. The van der Waals surface area contributed by atoms with E-state index in [2.05, 4.69) is 113 Å². The molecule has 0 saturated heterocycles. The van der Waals surface area contributed by atoms with Crippen LogP contribution >= 0.6 is 0 Å². The van der Waals surface area contributed by atoms with Crippen molar-refractivity contribution in [2.75, 3.05) is 0 Å². The molecule has 9 aromatic rings. The van der Waals surface area contributed by atoms with Crippen LogP contribution in [0.1, 0.15) is 49.9 Å². The molecule has 0 aliphatic heterocycles. The summed E-state index contributed by atoms with van der Waals surface area (Å²) in [6.07, 6.45) is 0. The zero-order valence-corrected chi connectivity index (χ0v) is 30.3. The molecule has 54 heavy (non-hydrogen) atoms. The van der Waals surface area contributed by atoms with E-state index in [9.17, 15) is 9.59 Å². The third kappa shape index (κ3) is 3.97. The molecule has 2 aromatic heterocycles. The summed E-state index contributed by atoms with van der Waals surface area (Å²) < 4.78 is 13.1. The van der Waals surface area contributed by atoms with E-state index in [-0.39, 0.29) is 32.7 Å². The zero-order valence-electron chi connectivity index (χ0n) is 30.3. The summed E-state index contributed by atoms with van der Waals surface area (Å²) in [6, 6.07) is 45.1. The Hall–Kier alpha value is -6.52. The highest BCUT2D eigenvalue weighted by Crippen LogP contribution is 2.53. The lowest BCUT2D eigenvalue weighted by Crippen LogP contribution is -2.14. The molecule has 7 aromatic carbocycles. The van der Waals surface area contributed by atoms with Crippen LogP contribution < -0.4 is 10.9 Å². The van der Waals surface area contributed by atoms with Crippen molar-refractivity contribution in [3.05, 3.63) is 176 Å². The van der Waals surface area contributed by atoms with Crippen LogP contribution in [-0.2, 0) is 10.8 Å². The summed E-state index contributed by atoms with van der Waals surface area (Å²) in [4.78, 5) is 28.4.